The van der Waals surface area contributed by atoms with Crippen molar-refractivity contribution in [1.82, 2.24) is 0 Å². The second-order valence-electron chi connectivity index (χ2n) is 9.92. The van der Waals surface area contributed by atoms with Crippen LogP contribution in [0.3, 0.4) is 0 Å². The Hall–Kier alpha value is -3.52. The predicted octanol–water partition coefficient (Wildman–Crippen LogP) is 0.319. The number of carbonyl (C=O) groups is 2. The lowest BCUT2D eigenvalue weighted by Gasteiger charge is -2.39. The SMILES string of the molecule is Cc1cc(/C=C/C(=O)OC(C(=O)OCc2ccc(O[C@@H]3O[C@H](CO)[C@@H](O)[C@H](O)[C@H]3O)cc2)C(C)(C)O)ccc1O. The fourth-order valence-corrected chi connectivity index (χ4v) is 3.78. The van der Waals surface area contributed by atoms with Gasteiger partial charge in [0.1, 0.15) is 48.1 Å². The second kappa shape index (κ2) is 13.2. The summed E-state index contributed by atoms with van der Waals surface area (Å²) in [7, 11) is 0. The minimum atomic E-state index is -1.75. The number of aryl methyl sites for hydroxylation is 1. The number of ether oxygens (including phenoxy) is 4. The lowest BCUT2D eigenvalue weighted by molar-refractivity contribution is -0.277. The van der Waals surface area contributed by atoms with E-state index in [1.54, 1.807) is 31.2 Å². The van der Waals surface area contributed by atoms with Crippen molar-refractivity contribution in [3.63, 3.8) is 0 Å². The van der Waals surface area contributed by atoms with Crippen molar-refractivity contribution in [3.8, 4) is 11.5 Å². The Balaban J connectivity index is 1.57. The molecular formula is C28H34O12. The summed E-state index contributed by atoms with van der Waals surface area (Å²) in [6.07, 6.45) is -6.23. The average Bonchev–Trinajstić information content (AvgIpc) is 2.91. The van der Waals surface area contributed by atoms with Crippen molar-refractivity contribution in [1.29, 1.82) is 0 Å². The van der Waals surface area contributed by atoms with Gasteiger partial charge in [-0.1, -0.05) is 18.2 Å². The van der Waals surface area contributed by atoms with Gasteiger partial charge < -0.3 is 49.6 Å². The molecule has 0 amide bonds. The van der Waals surface area contributed by atoms with Crippen molar-refractivity contribution < 1.29 is 59.2 Å². The zero-order valence-corrected chi connectivity index (χ0v) is 22.2. The summed E-state index contributed by atoms with van der Waals surface area (Å²) >= 11 is 0. The normalized spacial score (nSPS) is 23.9. The Morgan fingerprint density at radius 1 is 1.05 bits per heavy atom. The first-order valence-electron chi connectivity index (χ1n) is 12.4. The highest BCUT2D eigenvalue weighted by atomic mass is 16.7. The van der Waals surface area contributed by atoms with Crippen molar-refractivity contribution >= 4 is 18.0 Å². The van der Waals surface area contributed by atoms with Crippen LogP contribution in [0.2, 0.25) is 0 Å². The highest BCUT2D eigenvalue weighted by Gasteiger charge is 2.44. The van der Waals surface area contributed by atoms with Crippen LogP contribution in [0.15, 0.2) is 48.5 Å². The molecule has 3 rings (SSSR count). The minimum absolute atomic E-state index is 0.112. The molecule has 1 unspecified atom stereocenters. The number of benzene rings is 2. The maximum atomic E-state index is 12.7. The molecule has 0 radical (unpaired) electrons. The van der Waals surface area contributed by atoms with Crippen LogP contribution in [0.1, 0.15) is 30.5 Å². The molecule has 40 heavy (non-hydrogen) atoms. The Morgan fingerprint density at radius 2 is 1.73 bits per heavy atom. The van der Waals surface area contributed by atoms with Gasteiger partial charge in [0.2, 0.25) is 12.4 Å². The summed E-state index contributed by atoms with van der Waals surface area (Å²) in [6.45, 7) is 3.47. The highest BCUT2D eigenvalue weighted by Crippen LogP contribution is 2.25. The van der Waals surface area contributed by atoms with Crippen LogP contribution >= 0.6 is 0 Å². The lowest BCUT2D eigenvalue weighted by Crippen LogP contribution is -2.60. The van der Waals surface area contributed by atoms with E-state index in [1.807, 2.05) is 0 Å². The third-order valence-corrected chi connectivity index (χ3v) is 6.13. The van der Waals surface area contributed by atoms with Gasteiger partial charge in [-0.3, -0.25) is 0 Å². The monoisotopic (exact) mass is 562 g/mol. The van der Waals surface area contributed by atoms with Crippen LogP contribution in [0.4, 0.5) is 0 Å². The quantitative estimate of drug-likeness (QED) is 0.172. The van der Waals surface area contributed by atoms with E-state index in [-0.39, 0.29) is 18.1 Å². The summed E-state index contributed by atoms with van der Waals surface area (Å²) in [4.78, 5) is 25.0. The van der Waals surface area contributed by atoms with Gasteiger partial charge in [-0.15, -0.1) is 0 Å². The number of phenolic OH excluding ortho intramolecular Hbond substituents is 1. The molecular weight excluding hydrogens is 528 g/mol. The van der Waals surface area contributed by atoms with Gasteiger partial charge in [0.05, 0.1) is 6.61 Å². The first kappa shape index (κ1) is 31.0. The standard InChI is InChI=1S/C28H34O12/c1-15-12-16(6-10-19(15)30)7-11-21(31)40-25(28(2,3)36)26(35)37-14-17-4-8-18(9-5-17)38-27-24(34)23(33)22(32)20(13-29)39-27/h4-12,20,22-25,27,29-30,32-34,36H,13-14H2,1-3H3/b11-7+/t20-,22-,23+,24-,25?,27-/m1/s1. The van der Waals surface area contributed by atoms with E-state index in [0.29, 0.717) is 16.7 Å². The van der Waals surface area contributed by atoms with E-state index in [2.05, 4.69) is 0 Å². The fraction of sp³-hybridized carbons (Fsp3) is 0.429. The molecule has 1 fully saturated rings. The average molecular weight is 563 g/mol. The van der Waals surface area contributed by atoms with E-state index in [4.69, 9.17) is 18.9 Å². The smallest absolute Gasteiger partial charge is 0.350 e. The number of aromatic hydroxyl groups is 1. The summed E-state index contributed by atoms with van der Waals surface area (Å²) in [5.74, 6) is -1.53. The first-order valence-corrected chi connectivity index (χ1v) is 12.4. The first-order chi connectivity index (χ1) is 18.8. The Morgan fingerprint density at radius 3 is 2.33 bits per heavy atom. The number of aliphatic hydroxyl groups excluding tert-OH is 4. The Kier molecular flexibility index (Phi) is 10.3. The summed E-state index contributed by atoms with van der Waals surface area (Å²) in [5.41, 5.74) is -0.00723. The molecule has 1 aliphatic heterocycles. The summed E-state index contributed by atoms with van der Waals surface area (Å²) in [5, 5.41) is 59.2. The second-order valence-corrected chi connectivity index (χ2v) is 9.92. The number of hydrogen-bond acceptors (Lipinski definition) is 12. The van der Waals surface area contributed by atoms with E-state index in [9.17, 15) is 40.2 Å². The van der Waals surface area contributed by atoms with Crippen LogP contribution in [0.25, 0.3) is 6.08 Å². The van der Waals surface area contributed by atoms with Crippen molar-refractivity contribution in [2.75, 3.05) is 6.61 Å². The van der Waals surface area contributed by atoms with Gasteiger partial charge in [-0.2, -0.15) is 0 Å². The predicted molar refractivity (Wildman–Crippen MR) is 139 cm³/mol. The van der Waals surface area contributed by atoms with Crippen molar-refractivity contribution in [3.05, 3.63) is 65.2 Å². The van der Waals surface area contributed by atoms with Crippen molar-refractivity contribution in [2.45, 2.75) is 69.8 Å². The Labute approximate surface area is 230 Å². The number of rotatable bonds is 10. The van der Waals surface area contributed by atoms with Crippen LogP contribution in [-0.2, 0) is 30.4 Å². The van der Waals surface area contributed by atoms with Gasteiger partial charge >= 0.3 is 11.9 Å². The van der Waals surface area contributed by atoms with Gasteiger partial charge in [-0.05, 0) is 67.8 Å². The molecule has 218 valence electrons. The molecule has 12 heteroatoms. The fourth-order valence-electron chi connectivity index (χ4n) is 3.78. The van der Waals surface area contributed by atoms with Crippen LogP contribution in [0.5, 0.6) is 11.5 Å². The maximum Gasteiger partial charge on any atom is 0.350 e. The molecule has 12 nitrogen and oxygen atoms in total. The zero-order chi connectivity index (χ0) is 29.6. The largest absolute Gasteiger partial charge is 0.508 e. The Bertz CT molecular complexity index is 1180. The lowest BCUT2D eigenvalue weighted by atomic mass is 9.99. The van der Waals surface area contributed by atoms with Gasteiger partial charge in [-0.25, -0.2) is 9.59 Å². The van der Waals surface area contributed by atoms with Crippen LogP contribution in [-0.4, -0.2) is 91.6 Å². The molecule has 0 aliphatic carbocycles. The molecule has 6 N–H and O–H groups in total. The third kappa shape index (κ3) is 8.01. The molecule has 0 bridgehead atoms. The molecule has 1 saturated heterocycles. The molecule has 1 aliphatic rings. The third-order valence-electron chi connectivity index (χ3n) is 6.13. The molecule has 2 aromatic carbocycles. The summed E-state index contributed by atoms with van der Waals surface area (Å²) < 4.78 is 21.2. The molecule has 0 spiro atoms. The molecule has 1 heterocycles. The number of aliphatic hydroxyl groups is 5. The molecule has 0 saturated carbocycles. The molecule has 6 atom stereocenters. The topological polar surface area (TPSA) is 192 Å². The van der Waals surface area contributed by atoms with E-state index in [0.717, 1.165) is 6.08 Å². The minimum Gasteiger partial charge on any atom is -0.508 e. The number of phenols is 1. The zero-order valence-electron chi connectivity index (χ0n) is 22.2. The number of carbonyl (C=O) groups excluding carboxylic acids is 2. The summed E-state index contributed by atoms with van der Waals surface area (Å²) in [6, 6.07) is 10.8. The highest BCUT2D eigenvalue weighted by molar-refractivity contribution is 5.89. The maximum absolute atomic E-state index is 12.7. The van der Waals surface area contributed by atoms with Crippen molar-refractivity contribution in [2.24, 2.45) is 0 Å². The number of esters is 2. The number of hydrogen-bond donors (Lipinski definition) is 6. The molecule has 0 aromatic heterocycles. The van der Waals surface area contributed by atoms with E-state index >= 15 is 0 Å². The van der Waals surface area contributed by atoms with Gasteiger partial charge in [0, 0.05) is 6.08 Å². The van der Waals surface area contributed by atoms with Gasteiger partial charge in [0.15, 0.2) is 0 Å². The molecule has 2 aromatic rings. The van der Waals surface area contributed by atoms with E-state index < -0.39 is 61.0 Å². The van der Waals surface area contributed by atoms with Crippen LogP contribution < -0.4 is 4.74 Å². The van der Waals surface area contributed by atoms with Gasteiger partial charge in [0.25, 0.3) is 0 Å². The van der Waals surface area contributed by atoms with E-state index in [1.165, 1.54) is 38.1 Å². The van der Waals surface area contributed by atoms with Crippen LogP contribution in [0, 0.1) is 6.92 Å².